The first kappa shape index (κ1) is 14.3. The Morgan fingerprint density at radius 1 is 1.44 bits per heavy atom. The van der Waals surface area contributed by atoms with Gasteiger partial charge in [-0.15, -0.1) is 0 Å². The fourth-order valence-electron chi connectivity index (χ4n) is 1.96. The van der Waals surface area contributed by atoms with Gasteiger partial charge in [-0.3, -0.25) is 9.59 Å². The zero-order chi connectivity index (χ0) is 13.5. The summed E-state index contributed by atoms with van der Waals surface area (Å²) >= 11 is 0. The van der Waals surface area contributed by atoms with Gasteiger partial charge in [0.2, 0.25) is 0 Å². The SMILES string of the molecule is CC(C)CC(CNC(=O)c1ccc[nH]1)CC(=O)O. The molecule has 0 fully saturated rings. The molecule has 0 aliphatic heterocycles. The highest BCUT2D eigenvalue weighted by Crippen LogP contribution is 2.14. The number of aliphatic carboxylic acids is 1. The number of amides is 1. The summed E-state index contributed by atoms with van der Waals surface area (Å²) in [6.45, 7) is 4.48. The zero-order valence-corrected chi connectivity index (χ0v) is 10.8. The number of rotatable bonds is 7. The average Bonchev–Trinajstić information content (AvgIpc) is 2.77. The molecule has 0 spiro atoms. The van der Waals surface area contributed by atoms with Gasteiger partial charge in [0.05, 0.1) is 0 Å². The van der Waals surface area contributed by atoms with Crippen LogP contribution in [0.4, 0.5) is 0 Å². The summed E-state index contributed by atoms with van der Waals surface area (Å²) in [5.74, 6) is -0.632. The summed E-state index contributed by atoms with van der Waals surface area (Å²) in [7, 11) is 0. The van der Waals surface area contributed by atoms with Crippen LogP contribution in [0.5, 0.6) is 0 Å². The molecule has 1 atom stereocenters. The molecular weight excluding hydrogens is 232 g/mol. The largest absolute Gasteiger partial charge is 0.481 e. The Labute approximate surface area is 107 Å². The molecule has 1 amide bonds. The van der Waals surface area contributed by atoms with Crippen molar-refractivity contribution in [3.8, 4) is 0 Å². The van der Waals surface area contributed by atoms with Gasteiger partial charge in [-0.2, -0.15) is 0 Å². The molecule has 3 N–H and O–H groups in total. The Bertz CT molecular complexity index is 385. The van der Waals surface area contributed by atoms with Crippen molar-refractivity contribution in [2.24, 2.45) is 11.8 Å². The molecule has 0 bridgehead atoms. The van der Waals surface area contributed by atoms with E-state index in [1.54, 1.807) is 18.3 Å². The minimum absolute atomic E-state index is 0.0265. The van der Waals surface area contributed by atoms with Gasteiger partial charge in [0, 0.05) is 19.2 Å². The van der Waals surface area contributed by atoms with Crippen LogP contribution >= 0.6 is 0 Å². The molecule has 0 saturated heterocycles. The number of H-pyrrole nitrogens is 1. The first-order chi connectivity index (χ1) is 8.49. The van der Waals surface area contributed by atoms with E-state index in [1.165, 1.54) is 0 Å². The minimum Gasteiger partial charge on any atom is -0.481 e. The van der Waals surface area contributed by atoms with Crippen molar-refractivity contribution in [3.63, 3.8) is 0 Å². The van der Waals surface area contributed by atoms with Gasteiger partial charge in [0.1, 0.15) is 5.69 Å². The maximum absolute atomic E-state index is 11.7. The zero-order valence-electron chi connectivity index (χ0n) is 10.8. The Hall–Kier alpha value is -1.78. The molecule has 0 radical (unpaired) electrons. The lowest BCUT2D eigenvalue weighted by Gasteiger charge is -2.17. The van der Waals surface area contributed by atoms with Crippen LogP contribution in [0.2, 0.25) is 0 Å². The Kier molecular flexibility index (Phi) is 5.42. The van der Waals surface area contributed by atoms with Crippen molar-refractivity contribution >= 4 is 11.9 Å². The minimum atomic E-state index is -0.824. The fraction of sp³-hybridized carbons (Fsp3) is 0.538. The summed E-state index contributed by atoms with van der Waals surface area (Å²) in [6.07, 6.45) is 2.55. The molecule has 1 aromatic rings. The lowest BCUT2D eigenvalue weighted by Crippen LogP contribution is -2.31. The van der Waals surface area contributed by atoms with E-state index < -0.39 is 5.97 Å². The Balaban J connectivity index is 2.45. The number of nitrogens with one attached hydrogen (secondary N) is 2. The summed E-state index contributed by atoms with van der Waals surface area (Å²) in [5, 5.41) is 11.6. The second-order valence-corrected chi connectivity index (χ2v) is 4.89. The first-order valence-electron chi connectivity index (χ1n) is 6.12. The van der Waals surface area contributed by atoms with Crippen molar-refractivity contribution < 1.29 is 14.7 Å². The molecule has 5 heteroatoms. The monoisotopic (exact) mass is 252 g/mol. The maximum Gasteiger partial charge on any atom is 0.303 e. The summed E-state index contributed by atoms with van der Waals surface area (Å²) in [5.41, 5.74) is 0.494. The van der Waals surface area contributed by atoms with Gasteiger partial charge in [-0.1, -0.05) is 13.8 Å². The predicted octanol–water partition coefficient (Wildman–Crippen LogP) is 1.88. The molecule has 1 heterocycles. The summed E-state index contributed by atoms with van der Waals surface area (Å²) in [4.78, 5) is 25.3. The van der Waals surface area contributed by atoms with Gasteiger partial charge in [-0.05, 0) is 30.4 Å². The number of hydrogen-bond donors (Lipinski definition) is 3. The number of carboxylic acids is 1. The van der Waals surface area contributed by atoms with Crippen LogP contribution < -0.4 is 5.32 Å². The lowest BCUT2D eigenvalue weighted by molar-refractivity contribution is -0.138. The van der Waals surface area contributed by atoms with E-state index in [4.69, 9.17) is 5.11 Å². The molecule has 0 aromatic carbocycles. The average molecular weight is 252 g/mol. The standard InChI is InChI=1S/C13H20N2O3/c1-9(2)6-10(7-12(16)17)8-15-13(18)11-4-3-5-14-11/h3-5,9-10,14H,6-8H2,1-2H3,(H,15,18)(H,16,17). The van der Waals surface area contributed by atoms with Gasteiger partial charge < -0.3 is 15.4 Å². The molecular formula is C13H20N2O3. The number of aromatic amines is 1. The number of carbonyl (C=O) groups is 2. The van der Waals surface area contributed by atoms with Crippen LogP contribution in [-0.4, -0.2) is 28.5 Å². The molecule has 1 aromatic heterocycles. The molecule has 100 valence electrons. The van der Waals surface area contributed by atoms with Gasteiger partial charge in [0.15, 0.2) is 0 Å². The van der Waals surface area contributed by atoms with Crippen LogP contribution in [-0.2, 0) is 4.79 Å². The highest BCUT2D eigenvalue weighted by Gasteiger charge is 2.16. The van der Waals surface area contributed by atoms with Gasteiger partial charge in [-0.25, -0.2) is 0 Å². The number of carboxylic acid groups (broad SMARTS) is 1. The second-order valence-electron chi connectivity index (χ2n) is 4.89. The van der Waals surface area contributed by atoms with Crippen LogP contribution in [0, 0.1) is 11.8 Å². The summed E-state index contributed by atoms with van der Waals surface area (Å²) in [6, 6.07) is 3.43. The van der Waals surface area contributed by atoms with Crippen LogP contribution in [0.1, 0.15) is 37.2 Å². The highest BCUT2D eigenvalue weighted by molar-refractivity contribution is 5.92. The van der Waals surface area contributed by atoms with Crippen molar-refractivity contribution in [3.05, 3.63) is 24.0 Å². The Morgan fingerprint density at radius 2 is 2.17 bits per heavy atom. The predicted molar refractivity (Wildman–Crippen MR) is 68.3 cm³/mol. The molecule has 18 heavy (non-hydrogen) atoms. The normalized spacial score (nSPS) is 12.4. The third-order valence-electron chi connectivity index (χ3n) is 2.66. The molecule has 0 aliphatic carbocycles. The third-order valence-corrected chi connectivity index (χ3v) is 2.66. The van der Waals surface area contributed by atoms with E-state index in [2.05, 4.69) is 10.3 Å². The summed E-state index contributed by atoms with van der Waals surface area (Å²) < 4.78 is 0. The van der Waals surface area contributed by atoms with Crippen molar-refractivity contribution in [2.75, 3.05) is 6.54 Å². The molecule has 1 unspecified atom stereocenters. The van der Waals surface area contributed by atoms with E-state index in [-0.39, 0.29) is 18.2 Å². The number of hydrogen-bond acceptors (Lipinski definition) is 2. The van der Waals surface area contributed by atoms with Crippen LogP contribution in [0.15, 0.2) is 18.3 Å². The quantitative estimate of drug-likeness (QED) is 0.693. The maximum atomic E-state index is 11.7. The lowest BCUT2D eigenvalue weighted by atomic mass is 9.94. The molecule has 5 nitrogen and oxygen atoms in total. The van der Waals surface area contributed by atoms with Crippen LogP contribution in [0.25, 0.3) is 0 Å². The third kappa shape index (κ3) is 5.03. The van der Waals surface area contributed by atoms with E-state index in [0.29, 0.717) is 18.2 Å². The van der Waals surface area contributed by atoms with E-state index in [0.717, 1.165) is 6.42 Å². The van der Waals surface area contributed by atoms with Crippen molar-refractivity contribution in [2.45, 2.75) is 26.7 Å². The number of carbonyl (C=O) groups excluding carboxylic acids is 1. The van der Waals surface area contributed by atoms with Crippen molar-refractivity contribution in [1.29, 1.82) is 0 Å². The fourth-order valence-corrected chi connectivity index (χ4v) is 1.96. The molecule has 0 saturated carbocycles. The number of aromatic nitrogens is 1. The Morgan fingerprint density at radius 3 is 2.67 bits per heavy atom. The molecule has 1 rings (SSSR count). The van der Waals surface area contributed by atoms with E-state index in [1.807, 2.05) is 13.8 Å². The highest BCUT2D eigenvalue weighted by atomic mass is 16.4. The first-order valence-corrected chi connectivity index (χ1v) is 6.12. The topological polar surface area (TPSA) is 82.2 Å². The second kappa shape index (κ2) is 6.83. The molecule has 0 aliphatic rings. The van der Waals surface area contributed by atoms with Gasteiger partial charge >= 0.3 is 5.97 Å². The van der Waals surface area contributed by atoms with Crippen LogP contribution in [0.3, 0.4) is 0 Å². The smallest absolute Gasteiger partial charge is 0.303 e. The van der Waals surface area contributed by atoms with Gasteiger partial charge in [0.25, 0.3) is 5.91 Å². The van der Waals surface area contributed by atoms with E-state index >= 15 is 0 Å². The van der Waals surface area contributed by atoms with Crippen molar-refractivity contribution in [1.82, 2.24) is 10.3 Å². The van der Waals surface area contributed by atoms with E-state index in [9.17, 15) is 9.59 Å².